The fraction of sp³-hybridized carbons (Fsp3) is 0.316. The van der Waals surface area contributed by atoms with Gasteiger partial charge in [0.25, 0.3) is 5.91 Å². The summed E-state index contributed by atoms with van der Waals surface area (Å²) in [6.07, 6.45) is 3.71. The summed E-state index contributed by atoms with van der Waals surface area (Å²) in [7, 11) is 0. The summed E-state index contributed by atoms with van der Waals surface area (Å²) in [5.41, 5.74) is 2.31. The molecule has 0 radical (unpaired) electrons. The van der Waals surface area contributed by atoms with Crippen molar-refractivity contribution >= 4 is 21.8 Å². The van der Waals surface area contributed by atoms with Gasteiger partial charge in [-0.15, -0.1) is 0 Å². The van der Waals surface area contributed by atoms with Crippen molar-refractivity contribution in [1.82, 2.24) is 19.8 Å². The van der Waals surface area contributed by atoms with Crippen molar-refractivity contribution in [2.24, 2.45) is 0 Å². The van der Waals surface area contributed by atoms with Crippen LogP contribution in [0.3, 0.4) is 0 Å². The molecule has 3 heterocycles. The van der Waals surface area contributed by atoms with Crippen LogP contribution in [0.15, 0.2) is 51.6 Å². The highest BCUT2D eigenvalue weighted by Crippen LogP contribution is 2.33. The van der Waals surface area contributed by atoms with Gasteiger partial charge in [0, 0.05) is 35.4 Å². The van der Waals surface area contributed by atoms with Crippen LogP contribution < -0.4 is 0 Å². The maximum Gasteiger partial charge on any atom is 0.276 e. The number of benzene rings is 1. The molecule has 1 unspecified atom stereocenters. The molecule has 4 rings (SSSR count). The molecule has 1 fully saturated rings. The summed E-state index contributed by atoms with van der Waals surface area (Å²) in [5, 5.41) is 8.35. The van der Waals surface area contributed by atoms with Gasteiger partial charge in [-0.05, 0) is 38.0 Å². The number of carbonyl (C=O) groups is 1. The van der Waals surface area contributed by atoms with E-state index in [0.717, 1.165) is 41.7 Å². The van der Waals surface area contributed by atoms with Gasteiger partial charge in [0.15, 0.2) is 11.5 Å². The fourth-order valence-electron chi connectivity index (χ4n) is 3.48. The minimum Gasteiger partial charge on any atom is -0.355 e. The van der Waals surface area contributed by atoms with Gasteiger partial charge in [0.1, 0.15) is 0 Å². The number of aromatic nitrogens is 3. The van der Waals surface area contributed by atoms with Crippen molar-refractivity contribution < 1.29 is 9.32 Å². The van der Waals surface area contributed by atoms with Crippen LogP contribution in [-0.2, 0) is 6.54 Å². The smallest absolute Gasteiger partial charge is 0.276 e. The van der Waals surface area contributed by atoms with Crippen LogP contribution in [0, 0.1) is 0 Å². The van der Waals surface area contributed by atoms with Crippen molar-refractivity contribution in [2.75, 3.05) is 6.54 Å². The molecule has 6 nitrogen and oxygen atoms in total. The van der Waals surface area contributed by atoms with Crippen LogP contribution in [0.4, 0.5) is 0 Å². The Bertz CT molecular complexity index is 916. The normalized spacial score (nSPS) is 17.0. The summed E-state index contributed by atoms with van der Waals surface area (Å²) < 4.78 is 8.35. The highest BCUT2D eigenvalue weighted by molar-refractivity contribution is 9.10. The van der Waals surface area contributed by atoms with Gasteiger partial charge in [-0.1, -0.05) is 33.2 Å². The van der Waals surface area contributed by atoms with Crippen molar-refractivity contribution in [3.8, 4) is 11.3 Å². The lowest BCUT2D eigenvalue weighted by atomic mass is 10.1. The summed E-state index contributed by atoms with van der Waals surface area (Å²) >= 11 is 3.41. The molecule has 0 saturated carbocycles. The molecule has 0 spiro atoms. The Morgan fingerprint density at radius 3 is 2.88 bits per heavy atom. The number of rotatable bonds is 4. The molecule has 0 N–H and O–H groups in total. The van der Waals surface area contributed by atoms with Gasteiger partial charge >= 0.3 is 0 Å². The average Bonchev–Trinajstić information content (AvgIpc) is 3.40. The monoisotopic (exact) mass is 414 g/mol. The topological polar surface area (TPSA) is 64.2 Å². The van der Waals surface area contributed by atoms with Crippen LogP contribution in [-0.4, -0.2) is 32.3 Å². The van der Waals surface area contributed by atoms with Crippen LogP contribution in [0.1, 0.15) is 42.0 Å². The Labute approximate surface area is 159 Å². The second-order valence-corrected chi connectivity index (χ2v) is 7.23. The van der Waals surface area contributed by atoms with E-state index in [2.05, 4.69) is 33.1 Å². The van der Waals surface area contributed by atoms with Gasteiger partial charge in [-0.2, -0.15) is 5.10 Å². The quantitative estimate of drug-likeness (QED) is 0.638. The lowest BCUT2D eigenvalue weighted by Crippen LogP contribution is -2.32. The molecule has 2 aromatic heterocycles. The average molecular weight is 415 g/mol. The van der Waals surface area contributed by atoms with Gasteiger partial charge in [-0.3, -0.25) is 9.48 Å². The maximum atomic E-state index is 13.0. The number of aryl methyl sites for hydroxylation is 1. The molecule has 134 valence electrons. The van der Waals surface area contributed by atoms with Crippen molar-refractivity contribution in [1.29, 1.82) is 0 Å². The van der Waals surface area contributed by atoms with Crippen LogP contribution >= 0.6 is 15.9 Å². The Morgan fingerprint density at radius 2 is 2.12 bits per heavy atom. The number of halogens is 1. The molecule has 1 aliphatic rings. The van der Waals surface area contributed by atoms with E-state index >= 15 is 0 Å². The molecule has 1 saturated heterocycles. The third-order valence-electron chi connectivity index (χ3n) is 4.76. The lowest BCUT2D eigenvalue weighted by Gasteiger charge is -2.24. The molecule has 1 atom stereocenters. The van der Waals surface area contributed by atoms with Crippen LogP contribution in [0.2, 0.25) is 0 Å². The molecule has 7 heteroatoms. The third-order valence-corrected chi connectivity index (χ3v) is 5.29. The zero-order valence-electron chi connectivity index (χ0n) is 14.4. The number of carbonyl (C=O) groups excluding carboxylic acids is 1. The van der Waals surface area contributed by atoms with Gasteiger partial charge in [0.05, 0.1) is 11.7 Å². The van der Waals surface area contributed by atoms with Crippen molar-refractivity contribution in [3.63, 3.8) is 0 Å². The van der Waals surface area contributed by atoms with Gasteiger partial charge in [0.2, 0.25) is 0 Å². The minimum absolute atomic E-state index is 0.0396. The summed E-state index contributed by atoms with van der Waals surface area (Å²) in [6.45, 7) is 3.57. The minimum atomic E-state index is -0.0940. The molecular formula is C19H19BrN4O2. The van der Waals surface area contributed by atoms with Gasteiger partial charge < -0.3 is 9.42 Å². The standard InChI is InChI=1S/C19H19BrN4O2/c1-2-24-17(9-10-21-24)16-4-3-11-23(16)19(25)15-12-18(26-22-15)13-5-7-14(20)8-6-13/h5-10,12,16H,2-4,11H2,1H3. The van der Waals surface area contributed by atoms with E-state index in [0.29, 0.717) is 11.5 Å². The zero-order chi connectivity index (χ0) is 18.1. The fourth-order valence-corrected chi connectivity index (χ4v) is 3.75. The number of amides is 1. The first-order valence-electron chi connectivity index (χ1n) is 8.72. The Balaban J connectivity index is 1.58. The second-order valence-electron chi connectivity index (χ2n) is 6.31. The third kappa shape index (κ3) is 3.07. The molecule has 26 heavy (non-hydrogen) atoms. The van der Waals surface area contributed by atoms with Crippen LogP contribution in [0.5, 0.6) is 0 Å². The van der Waals surface area contributed by atoms with E-state index in [1.807, 2.05) is 39.9 Å². The van der Waals surface area contributed by atoms with E-state index in [-0.39, 0.29) is 11.9 Å². The first-order valence-corrected chi connectivity index (χ1v) is 9.52. The lowest BCUT2D eigenvalue weighted by molar-refractivity contribution is 0.0719. The summed E-state index contributed by atoms with van der Waals surface area (Å²) in [4.78, 5) is 14.9. The Morgan fingerprint density at radius 1 is 1.31 bits per heavy atom. The predicted octanol–water partition coefficient (Wildman–Crippen LogP) is 4.30. The number of likely N-dealkylation sites (tertiary alicyclic amines) is 1. The maximum absolute atomic E-state index is 13.0. The number of hydrogen-bond acceptors (Lipinski definition) is 4. The van der Waals surface area contributed by atoms with Crippen molar-refractivity contribution in [2.45, 2.75) is 32.4 Å². The van der Waals surface area contributed by atoms with E-state index in [1.54, 1.807) is 12.3 Å². The van der Waals surface area contributed by atoms with Crippen LogP contribution in [0.25, 0.3) is 11.3 Å². The largest absolute Gasteiger partial charge is 0.355 e. The number of nitrogens with zero attached hydrogens (tertiary/aromatic N) is 4. The summed E-state index contributed by atoms with van der Waals surface area (Å²) in [6, 6.07) is 11.5. The molecule has 3 aromatic rings. The summed E-state index contributed by atoms with van der Waals surface area (Å²) in [5.74, 6) is 0.499. The Kier molecular flexibility index (Phi) is 4.63. The first-order chi connectivity index (χ1) is 12.7. The predicted molar refractivity (Wildman–Crippen MR) is 101 cm³/mol. The highest BCUT2D eigenvalue weighted by atomic mass is 79.9. The molecule has 0 bridgehead atoms. The van der Waals surface area contributed by atoms with E-state index in [9.17, 15) is 4.79 Å². The molecule has 1 aliphatic heterocycles. The SMILES string of the molecule is CCn1nccc1C1CCCN1C(=O)c1cc(-c2ccc(Br)cc2)on1. The second kappa shape index (κ2) is 7.07. The number of hydrogen-bond donors (Lipinski definition) is 0. The highest BCUT2D eigenvalue weighted by Gasteiger charge is 2.33. The van der Waals surface area contributed by atoms with E-state index < -0.39 is 0 Å². The van der Waals surface area contributed by atoms with E-state index in [1.165, 1.54) is 0 Å². The Hall–Kier alpha value is -2.41. The zero-order valence-corrected chi connectivity index (χ0v) is 16.0. The molecular weight excluding hydrogens is 396 g/mol. The molecule has 0 aliphatic carbocycles. The molecule has 1 amide bonds. The van der Waals surface area contributed by atoms with Crippen molar-refractivity contribution in [3.05, 3.63) is 58.5 Å². The first kappa shape index (κ1) is 17.0. The molecule has 1 aromatic carbocycles. The van der Waals surface area contributed by atoms with E-state index in [4.69, 9.17) is 4.52 Å². The van der Waals surface area contributed by atoms with Gasteiger partial charge in [-0.25, -0.2) is 0 Å².